The summed E-state index contributed by atoms with van der Waals surface area (Å²) in [6.45, 7) is 2.31. The van der Waals surface area contributed by atoms with Crippen molar-refractivity contribution < 1.29 is 0 Å². The standard InChI is InChI=1S/C14H25N3/c1-9(17-13(15)16-2)14-6-10-3-11(7-14)5-12(4-10)8-14/h9-12H,3-8H2,1-2H3,(H3,15,16,17). The van der Waals surface area contributed by atoms with Crippen LogP contribution in [0.2, 0.25) is 0 Å². The first kappa shape index (κ1) is 11.4. The van der Waals surface area contributed by atoms with Crippen LogP contribution in [0.4, 0.5) is 0 Å². The molecule has 3 nitrogen and oxygen atoms in total. The molecule has 0 heterocycles. The summed E-state index contributed by atoms with van der Waals surface area (Å²) in [7, 11) is 1.76. The number of aliphatic imine (C=N–C) groups is 1. The lowest BCUT2D eigenvalue weighted by Gasteiger charge is -2.59. The molecule has 4 bridgehead atoms. The zero-order valence-corrected chi connectivity index (χ0v) is 11.1. The predicted octanol–water partition coefficient (Wildman–Crippen LogP) is 2.13. The lowest BCUT2D eigenvalue weighted by atomic mass is 9.48. The molecule has 0 aromatic rings. The molecule has 17 heavy (non-hydrogen) atoms. The number of nitrogens with zero attached hydrogens (tertiary/aromatic N) is 1. The van der Waals surface area contributed by atoms with Crippen LogP contribution in [0, 0.1) is 23.2 Å². The number of rotatable bonds is 2. The van der Waals surface area contributed by atoms with Crippen LogP contribution < -0.4 is 11.1 Å². The summed E-state index contributed by atoms with van der Waals surface area (Å²) in [5.41, 5.74) is 6.35. The van der Waals surface area contributed by atoms with Gasteiger partial charge in [0.15, 0.2) is 5.96 Å². The van der Waals surface area contributed by atoms with Gasteiger partial charge in [0.1, 0.15) is 0 Å². The second kappa shape index (κ2) is 3.89. The molecule has 4 fully saturated rings. The molecule has 0 spiro atoms. The molecule has 96 valence electrons. The van der Waals surface area contributed by atoms with E-state index >= 15 is 0 Å². The lowest BCUT2D eigenvalue weighted by molar-refractivity contribution is -0.0673. The summed E-state index contributed by atoms with van der Waals surface area (Å²) >= 11 is 0. The number of nitrogens with one attached hydrogen (secondary N) is 1. The SMILES string of the molecule is CN=C(N)NC(C)C12CC3CC(CC(C3)C1)C2. The maximum Gasteiger partial charge on any atom is 0.188 e. The molecule has 1 unspecified atom stereocenters. The summed E-state index contributed by atoms with van der Waals surface area (Å²) in [4.78, 5) is 4.04. The van der Waals surface area contributed by atoms with Gasteiger partial charge in [0, 0.05) is 13.1 Å². The van der Waals surface area contributed by atoms with Crippen LogP contribution in [0.5, 0.6) is 0 Å². The largest absolute Gasteiger partial charge is 0.370 e. The van der Waals surface area contributed by atoms with Gasteiger partial charge in [-0.25, -0.2) is 0 Å². The Hall–Kier alpha value is -0.730. The molecule has 3 heteroatoms. The van der Waals surface area contributed by atoms with Crippen LogP contribution in [0.15, 0.2) is 4.99 Å². The second-order valence-corrected chi connectivity index (χ2v) is 6.75. The Morgan fingerprint density at radius 2 is 1.65 bits per heavy atom. The van der Waals surface area contributed by atoms with E-state index < -0.39 is 0 Å². The number of guanidine groups is 1. The van der Waals surface area contributed by atoms with Gasteiger partial charge in [-0.2, -0.15) is 0 Å². The van der Waals surface area contributed by atoms with Crippen LogP contribution in [0.3, 0.4) is 0 Å². The normalized spacial score (nSPS) is 46.0. The molecular formula is C14H25N3. The third-order valence-electron chi connectivity index (χ3n) is 5.61. The van der Waals surface area contributed by atoms with Crippen molar-refractivity contribution in [2.24, 2.45) is 33.9 Å². The minimum Gasteiger partial charge on any atom is -0.370 e. The first-order chi connectivity index (χ1) is 8.11. The Morgan fingerprint density at radius 3 is 2.06 bits per heavy atom. The fraction of sp³-hybridized carbons (Fsp3) is 0.929. The first-order valence-corrected chi connectivity index (χ1v) is 7.10. The second-order valence-electron chi connectivity index (χ2n) is 6.75. The van der Waals surface area contributed by atoms with E-state index in [9.17, 15) is 0 Å². The Balaban J connectivity index is 1.77. The van der Waals surface area contributed by atoms with E-state index in [1.54, 1.807) is 7.05 Å². The maximum atomic E-state index is 5.83. The van der Waals surface area contributed by atoms with Crippen molar-refractivity contribution >= 4 is 5.96 Å². The lowest BCUT2D eigenvalue weighted by Crippen LogP contribution is -2.56. The first-order valence-electron chi connectivity index (χ1n) is 7.10. The van der Waals surface area contributed by atoms with Crippen molar-refractivity contribution in [2.75, 3.05) is 7.05 Å². The van der Waals surface area contributed by atoms with Gasteiger partial charge in [-0.15, -0.1) is 0 Å². The average molecular weight is 235 g/mol. The predicted molar refractivity (Wildman–Crippen MR) is 70.7 cm³/mol. The highest BCUT2D eigenvalue weighted by atomic mass is 15.1. The molecule has 0 saturated heterocycles. The van der Waals surface area contributed by atoms with Crippen molar-refractivity contribution in [3.8, 4) is 0 Å². The van der Waals surface area contributed by atoms with E-state index in [2.05, 4.69) is 17.2 Å². The molecule has 0 aliphatic heterocycles. The van der Waals surface area contributed by atoms with Gasteiger partial charge < -0.3 is 11.1 Å². The smallest absolute Gasteiger partial charge is 0.188 e. The van der Waals surface area contributed by atoms with Gasteiger partial charge >= 0.3 is 0 Å². The molecule has 3 N–H and O–H groups in total. The Bertz CT molecular complexity index is 299. The van der Waals surface area contributed by atoms with E-state index in [0.717, 1.165) is 17.8 Å². The van der Waals surface area contributed by atoms with Crippen LogP contribution in [-0.4, -0.2) is 19.0 Å². The van der Waals surface area contributed by atoms with Gasteiger partial charge in [-0.1, -0.05) is 0 Å². The fourth-order valence-corrected chi connectivity index (χ4v) is 5.15. The van der Waals surface area contributed by atoms with Gasteiger partial charge in [0.25, 0.3) is 0 Å². The average Bonchev–Trinajstić information content (AvgIpc) is 2.26. The summed E-state index contributed by atoms with van der Waals surface area (Å²) in [6, 6.07) is 0.486. The highest BCUT2D eigenvalue weighted by molar-refractivity contribution is 5.78. The van der Waals surface area contributed by atoms with Crippen LogP contribution in [-0.2, 0) is 0 Å². The Labute approximate surface area is 104 Å². The number of hydrogen-bond donors (Lipinski definition) is 2. The summed E-state index contributed by atoms with van der Waals surface area (Å²) in [5, 5.41) is 3.41. The summed E-state index contributed by atoms with van der Waals surface area (Å²) in [5.74, 6) is 3.62. The third-order valence-corrected chi connectivity index (χ3v) is 5.61. The van der Waals surface area contributed by atoms with Gasteiger partial charge in [-0.3, -0.25) is 4.99 Å². The minimum atomic E-state index is 0.486. The van der Waals surface area contributed by atoms with Crippen molar-refractivity contribution in [1.29, 1.82) is 0 Å². The van der Waals surface area contributed by atoms with Crippen LogP contribution >= 0.6 is 0 Å². The number of nitrogens with two attached hydrogens (primary N) is 1. The molecule has 0 radical (unpaired) electrons. The number of hydrogen-bond acceptors (Lipinski definition) is 1. The fourth-order valence-electron chi connectivity index (χ4n) is 5.15. The van der Waals surface area contributed by atoms with E-state index in [1.807, 2.05) is 0 Å². The summed E-state index contributed by atoms with van der Waals surface area (Å²) in [6.07, 6.45) is 8.77. The highest BCUT2D eigenvalue weighted by Crippen LogP contribution is 2.61. The molecule has 4 saturated carbocycles. The zero-order chi connectivity index (χ0) is 12.0. The summed E-state index contributed by atoms with van der Waals surface area (Å²) < 4.78 is 0. The van der Waals surface area contributed by atoms with E-state index in [0.29, 0.717) is 17.4 Å². The van der Waals surface area contributed by atoms with Crippen LogP contribution in [0.25, 0.3) is 0 Å². The van der Waals surface area contributed by atoms with E-state index in [4.69, 9.17) is 5.73 Å². The van der Waals surface area contributed by atoms with Crippen LogP contribution in [0.1, 0.15) is 45.4 Å². The molecular weight excluding hydrogens is 210 g/mol. The van der Waals surface area contributed by atoms with Crippen molar-refractivity contribution in [2.45, 2.75) is 51.5 Å². The Morgan fingerprint density at radius 1 is 1.18 bits per heavy atom. The van der Waals surface area contributed by atoms with Gasteiger partial charge in [0.05, 0.1) is 0 Å². The van der Waals surface area contributed by atoms with Crippen molar-refractivity contribution in [3.05, 3.63) is 0 Å². The van der Waals surface area contributed by atoms with Gasteiger partial charge in [-0.05, 0) is 68.6 Å². The van der Waals surface area contributed by atoms with Crippen molar-refractivity contribution in [3.63, 3.8) is 0 Å². The monoisotopic (exact) mass is 235 g/mol. The van der Waals surface area contributed by atoms with Crippen molar-refractivity contribution in [1.82, 2.24) is 5.32 Å². The molecule has 1 atom stereocenters. The highest BCUT2D eigenvalue weighted by Gasteiger charge is 2.53. The third kappa shape index (κ3) is 1.84. The molecule has 4 aliphatic carbocycles. The van der Waals surface area contributed by atoms with Gasteiger partial charge in [0.2, 0.25) is 0 Å². The quantitative estimate of drug-likeness (QED) is 0.569. The minimum absolute atomic E-state index is 0.486. The molecule has 4 rings (SSSR count). The topological polar surface area (TPSA) is 50.4 Å². The molecule has 0 aromatic carbocycles. The van der Waals surface area contributed by atoms with E-state index in [1.165, 1.54) is 38.5 Å². The zero-order valence-electron chi connectivity index (χ0n) is 11.1. The maximum absolute atomic E-state index is 5.83. The molecule has 4 aliphatic rings. The molecule has 0 amide bonds. The van der Waals surface area contributed by atoms with E-state index in [-0.39, 0.29) is 0 Å². The Kier molecular flexibility index (Phi) is 2.60. The molecule has 0 aromatic heterocycles.